The summed E-state index contributed by atoms with van der Waals surface area (Å²) in [6, 6.07) is 0. The first-order valence-electron chi connectivity index (χ1n) is 7.70. The Morgan fingerprint density at radius 1 is 1.38 bits per heavy atom. The second kappa shape index (κ2) is 5.02. The summed E-state index contributed by atoms with van der Waals surface area (Å²) >= 11 is 0. The zero-order chi connectivity index (χ0) is 15.2. The molecule has 0 spiro atoms. The lowest BCUT2D eigenvalue weighted by atomic mass is 9.93. The minimum Gasteiger partial charge on any atom is -0.371 e. The van der Waals surface area contributed by atoms with Crippen LogP contribution in [0.3, 0.4) is 0 Å². The molecule has 1 fully saturated rings. The van der Waals surface area contributed by atoms with Gasteiger partial charge < -0.3 is 15.1 Å². The number of H-pyrrole nitrogens is 1. The molecular weight excluding hydrogens is 266 g/mol. The maximum atomic E-state index is 12.9. The first-order chi connectivity index (χ1) is 9.95. The van der Waals surface area contributed by atoms with Crippen LogP contribution in [0.4, 0.5) is 5.82 Å². The molecule has 1 aromatic heterocycles. The Hall–Kier alpha value is -1.56. The molecule has 0 atom stereocenters. The number of fused-ring (bicyclic) bond motifs is 1. The third-order valence-electron chi connectivity index (χ3n) is 5.04. The van der Waals surface area contributed by atoms with Crippen LogP contribution < -0.4 is 5.32 Å². The summed E-state index contributed by atoms with van der Waals surface area (Å²) in [4.78, 5) is 17.3. The van der Waals surface area contributed by atoms with Crippen LogP contribution in [0.1, 0.15) is 37.9 Å². The van der Waals surface area contributed by atoms with E-state index < -0.39 is 0 Å². The molecule has 3 heterocycles. The standard InChI is InChI=1S/C15H25N5O/c1-15(2)12-11(13(16-3)18-17-12)9-20(15)14(21)10-5-7-19(4)8-6-10/h10H,5-9H2,1-4H3,(H2,16,17,18). The van der Waals surface area contributed by atoms with E-state index in [1.54, 1.807) is 0 Å². The Labute approximate surface area is 125 Å². The quantitative estimate of drug-likeness (QED) is 0.864. The van der Waals surface area contributed by atoms with Crippen LogP contribution in [-0.2, 0) is 16.9 Å². The Balaban J connectivity index is 1.81. The molecule has 0 aliphatic carbocycles. The fourth-order valence-electron chi connectivity index (χ4n) is 3.55. The molecule has 1 saturated heterocycles. The van der Waals surface area contributed by atoms with Crippen LogP contribution in [0.15, 0.2) is 0 Å². The number of aromatic amines is 1. The highest BCUT2D eigenvalue weighted by atomic mass is 16.2. The lowest BCUT2D eigenvalue weighted by molar-refractivity contribution is -0.142. The van der Waals surface area contributed by atoms with Gasteiger partial charge in [0.25, 0.3) is 0 Å². The summed E-state index contributed by atoms with van der Waals surface area (Å²) in [5.74, 6) is 1.31. The zero-order valence-corrected chi connectivity index (χ0v) is 13.4. The highest BCUT2D eigenvalue weighted by molar-refractivity contribution is 5.81. The van der Waals surface area contributed by atoms with E-state index in [2.05, 4.69) is 41.3 Å². The number of likely N-dealkylation sites (tertiary alicyclic amines) is 1. The summed E-state index contributed by atoms with van der Waals surface area (Å²) in [5, 5.41) is 10.5. The topological polar surface area (TPSA) is 64.3 Å². The van der Waals surface area contributed by atoms with Crippen molar-refractivity contribution in [3.05, 3.63) is 11.3 Å². The van der Waals surface area contributed by atoms with Gasteiger partial charge in [-0.15, -0.1) is 0 Å². The van der Waals surface area contributed by atoms with Crippen molar-refractivity contribution >= 4 is 11.7 Å². The molecule has 2 aliphatic rings. The van der Waals surface area contributed by atoms with E-state index >= 15 is 0 Å². The molecule has 0 saturated carbocycles. The van der Waals surface area contributed by atoms with Gasteiger partial charge >= 0.3 is 0 Å². The Kier molecular flexibility index (Phi) is 3.43. The van der Waals surface area contributed by atoms with Crippen LogP contribution in [0.2, 0.25) is 0 Å². The normalized spacial score (nSPS) is 22.4. The fourth-order valence-corrected chi connectivity index (χ4v) is 3.55. The largest absolute Gasteiger partial charge is 0.371 e. The summed E-state index contributed by atoms with van der Waals surface area (Å²) in [6.45, 7) is 6.88. The number of aromatic nitrogens is 2. The number of nitrogens with one attached hydrogen (secondary N) is 2. The molecule has 6 heteroatoms. The van der Waals surface area contributed by atoms with E-state index in [0.717, 1.165) is 43.0 Å². The number of hydrogen-bond acceptors (Lipinski definition) is 4. The molecule has 2 aliphatic heterocycles. The Morgan fingerprint density at radius 3 is 2.67 bits per heavy atom. The second-order valence-corrected chi connectivity index (χ2v) is 6.74. The predicted molar refractivity (Wildman–Crippen MR) is 81.9 cm³/mol. The maximum Gasteiger partial charge on any atom is 0.226 e. The molecule has 0 bridgehead atoms. The van der Waals surface area contributed by atoms with Gasteiger partial charge in [-0.1, -0.05) is 0 Å². The van der Waals surface area contributed by atoms with Gasteiger partial charge in [0.05, 0.1) is 17.8 Å². The molecular formula is C15H25N5O. The molecule has 116 valence electrons. The van der Waals surface area contributed by atoms with Crippen LogP contribution in [0.25, 0.3) is 0 Å². The van der Waals surface area contributed by atoms with E-state index in [4.69, 9.17) is 0 Å². The van der Waals surface area contributed by atoms with Crippen molar-refractivity contribution < 1.29 is 4.79 Å². The summed E-state index contributed by atoms with van der Waals surface area (Å²) in [5.41, 5.74) is 1.88. The average Bonchev–Trinajstić information content (AvgIpc) is 2.98. The molecule has 0 radical (unpaired) electrons. The number of piperidine rings is 1. The molecule has 0 unspecified atom stereocenters. The number of amides is 1. The van der Waals surface area contributed by atoms with Crippen LogP contribution in [0.5, 0.6) is 0 Å². The third-order valence-corrected chi connectivity index (χ3v) is 5.04. The minimum absolute atomic E-state index is 0.162. The summed E-state index contributed by atoms with van der Waals surface area (Å²) in [7, 11) is 3.99. The van der Waals surface area contributed by atoms with Crippen molar-refractivity contribution in [3.8, 4) is 0 Å². The molecule has 2 N–H and O–H groups in total. The lowest BCUT2D eigenvalue weighted by Gasteiger charge is -2.37. The summed E-state index contributed by atoms with van der Waals surface area (Å²) < 4.78 is 0. The van der Waals surface area contributed by atoms with Crippen molar-refractivity contribution in [2.75, 3.05) is 32.5 Å². The first kappa shape index (κ1) is 14.4. The van der Waals surface area contributed by atoms with E-state index in [0.29, 0.717) is 12.5 Å². The number of hydrogen-bond donors (Lipinski definition) is 2. The van der Waals surface area contributed by atoms with E-state index in [1.165, 1.54) is 0 Å². The van der Waals surface area contributed by atoms with Crippen LogP contribution >= 0.6 is 0 Å². The number of rotatable bonds is 2. The van der Waals surface area contributed by atoms with E-state index in [9.17, 15) is 4.79 Å². The van der Waals surface area contributed by atoms with Crippen molar-refractivity contribution in [1.82, 2.24) is 20.0 Å². The van der Waals surface area contributed by atoms with Crippen molar-refractivity contribution in [1.29, 1.82) is 0 Å². The second-order valence-electron chi connectivity index (χ2n) is 6.74. The van der Waals surface area contributed by atoms with Crippen molar-refractivity contribution in [2.24, 2.45) is 5.92 Å². The van der Waals surface area contributed by atoms with E-state index in [-0.39, 0.29) is 11.5 Å². The highest BCUT2D eigenvalue weighted by Crippen LogP contribution is 2.41. The maximum absolute atomic E-state index is 12.9. The smallest absolute Gasteiger partial charge is 0.226 e. The van der Waals surface area contributed by atoms with Gasteiger partial charge in [-0.3, -0.25) is 9.89 Å². The van der Waals surface area contributed by atoms with Gasteiger partial charge in [0.2, 0.25) is 5.91 Å². The molecule has 3 rings (SSSR count). The molecule has 0 aromatic carbocycles. The monoisotopic (exact) mass is 291 g/mol. The number of carbonyl (C=O) groups is 1. The van der Waals surface area contributed by atoms with Gasteiger partial charge in [0.15, 0.2) is 5.82 Å². The van der Waals surface area contributed by atoms with Gasteiger partial charge in [0, 0.05) is 18.5 Å². The van der Waals surface area contributed by atoms with Crippen molar-refractivity contribution in [3.63, 3.8) is 0 Å². The third kappa shape index (κ3) is 2.21. The predicted octanol–water partition coefficient (Wildman–Crippen LogP) is 1.37. The van der Waals surface area contributed by atoms with Crippen LogP contribution in [-0.4, -0.2) is 53.1 Å². The van der Waals surface area contributed by atoms with Gasteiger partial charge in [-0.25, -0.2) is 0 Å². The van der Waals surface area contributed by atoms with Crippen molar-refractivity contribution in [2.45, 2.75) is 38.8 Å². The zero-order valence-electron chi connectivity index (χ0n) is 13.4. The number of anilines is 1. The van der Waals surface area contributed by atoms with Gasteiger partial charge in [0.1, 0.15) is 0 Å². The Bertz CT molecular complexity index is 542. The molecule has 21 heavy (non-hydrogen) atoms. The number of nitrogens with zero attached hydrogens (tertiary/aromatic N) is 3. The van der Waals surface area contributed by atoms with Gasteiger partial charge in [-0.2, -0.15) is 5.10 Å². The Morgan fingerprint density at radius 2 is 2.05 bits per heavy atom. The first-order valence-corrected chi connectivity index (χ1v) is 7.70. The van der Waals surface area contributed by atoms with E-state index in [1.807, 2.05) is 11.9 Å². The number of carbonyl (C=O) groups excluding carboxylic acids is 1. The fraction of sp³-hybridized carbons (Fsp3) is 0.733. The van der Waals surface area contributed by atoms with Gasteiger partial charge in [-0.05, 0) is 46.8 Å². The molecule has 1 aromatic rings. The van der Waals surface area contributed by atoms with Crippen LogP contribution in [0, 0.1) is 5.92 Å². The SMILES string of the molecule is CNc1n[nH]c2c1CN(C(=O)C1CCN(C)CC1)C2(C)C. The summed E-state index contributed by atoms with van der Waals surface area (Å²) in [6.07, 6.45) is 1.93. The lowest BCUT2D eigenvalue weighted by Crippen LogP contribution is -2.46. The average molecular weight is 291 g/mol. The minimum atomic E-state index is -0.308. The molecule has 6 nitrogen and oxygen atoms in total. The highest BCUT2D eigenvalue weighted by Gasteiger charge is 2.45. The molecule has 1 amide bonds.